The Hall–Kier alpha value is -2.20. The predicted molar refractivity (Wildman–Crippen MR) is 98.5 cm³/mol. The molecule has 1 saturated heterocycles. The molecular weight excluding hydrogens is 329 g/mol. The average molecular weight is 353 g/mol. The fraction of sp³-hybridized carbons (Fsp3) is 0.409. The van der Waals surface area contributed by atoms with E-state index in [0.29, 0.717) is 19.8 Å². The molecule has 0 aromatic heterocycles. The van der Waals surface area contributed by atoms with Gasteiger partial charge in [0.1, 0.15) is 5.82 Å². The summed E-state index contributed by atoms with van der Waals surface area (Å²) in [5.74, 6) is -0.207. The van der Waals surface area contributed by atoms with Crippen molar-refractivity contribution in [3.8, 4) is 0 Å². The van der Waals surface area contributed by atoms with E-state index in [1.54, 1.807) is 12.1 Å². The van der Waals surface area contributed by atoms with E-state index in [1.165, 1.54) is 17.7 Å². The van der Waals surface area contributed by atoms with Gasteiger partial charge in [0.15, 0.2) is 0 Å². The Morgan fingerprint density at radius 2 is 1.58 bits per heavy atom. The van der Waals surface area contributed by atoms with Crippen LogP contribution in [0.25, 0.3) is 0 Å². The number of carbonyl (C=O) groups is 1. The first kappa shape index (κ1) is 17.2. The summed E-state index contributed by atoms with van der Waals surface area (Å²) in [6.45, 7) is 2.05. The van der Waals surface area contributed by atoms with Crippen molar-refractivity contribution in [3.63, 3.8) is 0 Å². The van der Waals surface area contributed by atoms with Gasteiger partial charge < -0.3 is 10.1 Å². The quantitative estimate of drug-likeness (QED) is 0.890. The molecule has 1 amide bonds. The lowest BCUT2D eigenvalue weighted by Gasteiger charge is -2.38. The van der Waals surface area contributed by atoms with E-state index in [9.17, 15) is 9.18 Å². The van der Waals surface area contributed by atoms with Crippen LogP contribution in [0.3, 0.4) is 0 Å². The van der Waals surface area contributed by atoms with E-state index in [2.05, 4.69) is 29.6 Å². The molecule has 2 fully saturated rings. The number of hydrogen-bond donors (Lipinski definition) is 1. The lowest BCUT2D eigenvalue weighted by molar-refractivity contribution is -0.124. The van der Waals surface area contributed by atoms with Gasteiger partial charge in [-0.15, -0.1) is 0 Å². The number of hydrogen-bond acceptors (Lipinski definition) is 2. The number of rotatable bonds is 5. The topological polar surface area (TPSA) is 38.3 Å². The van der Waals surface area contributed by atoms with E-state index >= 15 is 0 Å². The molecule has 1 saturated carbocycles. The van der Waals surface area contributed by atoms with Crippen molar-refractivity contribution in [1.29, 1.82) is 0 Å². The summed E-state index contributed by atoms with van der Waals surface area (Å²) in [4.78, 5) is 13.0. The van der Waals surface area contributed by atoms with Crippen molar-refractivity contribution in [2.24, 2.45) is 0 Å². The van der Waals surface area contributed by atoms with Gasteiger partial charge in [0.25, 0.3) is 0 Å². The molecule has 1 heterocycles. The van der Waals surface area contributed by atoms with Crippen LogP contribution in [-0.2, 0) is 20.4 Å². The number of nitrogens with one attached hydrogen (secondary N) is 1. The molecule has 0 spiro atoms. The molecule has 26 heavy (non-hydrogen) atoms. The van der Waals surface area contributed by atoms with Gasteiger partial charge in [-0.25, -0.2) is 4.39 Å². The maximum atomic E-state index is 13.2. The fourth-order valence-corrected chi connectivity index (χ4v) is 4.08. The molecule has 3 nitrogen and oxygen atoms in total. The summed E-state index contributed by atoms with van der Waals surface area (Å²) in [5.41, 5.74) is 1.62. The lowest BCUT2D eigenvalue weighted by atomic mass is 9.74. The highest BCUT2D eigenvalue weighted by Gasteiger charge is 2.51. The monoisotopic (exact) mass is 353 g/mol. The van der Waals surface area contributed by atoms with Gasteiger partial charge in [-0.2, -0.15) is 0 Å². The highest BCUT2D eigenvalue weighted by molar-refractivity contribution is 5.91. The molecule has 0 unspecified atom stereocenters. The summed E-state index contributed by atoms with van der Waals surface area (Å²) in [6, 6.07) is 16.8. The summed E-state index contributed by atoms with van der Waals surface area (Å²) in [7, 11) is 0. The molecule has 0 bridgehead atoms. The summed E-state index contributed by atoms with van der Waals surface area (Å²) < 4.78 is 18.8. The van der Waals surface area contributed by atoms with Crippen LogP contribution in [0.15, 0.2) is 54.6 Å². The van der Waals surface area contributed by atoms with Gasteiger partial charge in [-0.3, -0.25) is 4.79 Å². The second-order valence-corrected chi connectivity index (χ2v) is 7.53. The Morgan fingerprint density at radius 1 is 0.923 bits per heavy atom. The summed E-state index contributed by atoms with van der Waals surface area (Å²) in [6.07, 6.45) is 3.46. The molecule has 1 aliphatic carbocycles. The highest BCUT2D eigenvalue weighted by atomic mass is 19.1. The molecular formula is C22H24FNO2. The average Bonchev–Trinajstić information content (AvgIpc) is 3.50. The molecule has 0 radical (unpaired) electrons. The minimum absolute atomic E-state index is 0.0610. The van der Waals surface area contributed by atoms with E-state index < -0.39 is 5.41 Å². The standard InChI is InChI=1S/C22H24FNO2/c23-19-8-6-18(7-9-19)22(10-11-22)20(25)24-16-21(12-14-26-15-13-21)17-4-2-1-3-5-17/h1-9H,10-16H2,(H,24,25). The van der Waals surface area contributed by atoms with E-state index in [4.69, 9.17) is 4.74 Å². The number of halogens is 1. The van der Waals surface area contributed by atoms with Crippen molar-refractivity contribution in [3.05, 3.63) is 71.5 Å². The Balaban J connectivity index is 1.51. The van der Waals surface area contributed by atoms with Crippen LogP contribution >= 0.6 is 0 Å². The van der Waals surface area contributed by atoms with Crippen molar-refractivity contribution in [1.82, 2.24) is 5.32 Å². The van der Waals surface area contributed by atoms with E-state index in [-0.39, 0.29) is 17.1 Å². The van der Waals surface area contributed by atoms with Gasteiger partial charge in [0.05, 0.1) is 5.41 Å². The molecule has 4 heteroatoms. The summed E-state index contributed by atoms with van der Waals surface area (Å²) >= 11 is 0. The molecule has 2 aromatic carbocycles. The molecule has 4 rings (SSSR count). The first-order valence-electron chi connectivity index (χ1n) is 9.32. The largest absolute Gasteiger partial charge is 0.381 e. The number of ether oxygens (including phenoxy) is 1. The normalized spacial score (nSPS) is 20.3. The second kappa shape index (κ2) is 6.84. The molecule has 1 N–H and O–H groups in total. The molecule has 136 valence electrons. The van der Waals surface area contributed by atoms with Gasteiger partial charge in [0, 0.05) is 25.2 Å². The molecule has 2 aromatic rings. The van der Waals surface area contributed by atoms with Gasteiger partial charge in [0.2, 0.25) is 5.91 Å². The zero-order valence-electron chi connectivity index (χ0n) is 14.8. The van der Waals surface area contributed by atoms with Gasteiger partial charge in [-0.1, -0.05) is 42.5 Å². The van der Waals surface area contributed by atoms with Crippen LogP contribution in [0.2, 0.25) is 0 Å². The van der Waals surface area contributed by atoms with Crippen LogP contribution in [0.1, 0.15) is 36.8 Å². The SMILES string of the molecule is O=C(NCC1(c2ccccc2)CCOCC1)C1(c2ccc(F)cc2)CC1. The molecule has 2 aliphatic rings. The minimum Gasteiger partial charge on any atom is -0.381 e. The van der Waals surface area contributed by atoms with Crippen LogP contribution in [0.5, 0.6) is 0 Å². The fourth-order valence-electron chi connectivity index (χ4n) is 4.08. The second-order valence-electron chi connectivity index (χ2n) is 7.53. The number of amides is 1. The Morgan fingerprint density at radius 3 is 2.19 bits per heavy atom. The smallest absolute Gasteiger partial charge is 0.230 e. The first-order valence-corrected chi connectivity index (χ1v) is 9.32. The Bertz CT molecular complexity index is 762. The lowest BCUT2D eigenvalue weighted by Crippen LogP contribution is -2.47. The van der Waals surface area contributed by atoms with Crippen LogP contribution in [0, 0.1) is 5.82 Å². The third kappa shape index (κ3) is 3.14. The van der Waals surface area contributed by atoms with Crippen LogP contribution in [-0.4, -0.2) is 25.7 Å². The van der Waals surface area contributed by atoms with Crippen molar-refractivity contribution in [2.75, 3.05) is 19.8 Å². The van der Waals surface area contributed by atoms with Crippen LogP contribution in [0.4, 0.5) is 4.39 Å². The third-order valence-corrected chi connectivity index (χ3v) is 6.00. The minimum atomic E-state index is -0.475. The Labute approximate surface area is 153 Å². The highest BCUT2D eigenvalue weighted by Crippen LogP contribution is 2.48. The van der Waals surface area contributed by atoms with Crippen molar-refractivity contribution >= 4 is 5.91 Å². The zero-order chi connectivity index (χ0) is 18.0. The van der Waals surface area contributed by atoms with E-state index in [0.717, 1.165) is 31.2 Å². The number of carbonyl (C=O) groups excluding carboxylic acids is 1. The van der Waals surface area contributed by atoms with Crippen molar-refractivity contribution in [2.45, 2.75) is 36.5 Å². The molecule has 1 aliphatic heterocycles. The zero-order valence-corrected chi connectivity index (χ0v) is 14.8. The van der Waals surface area contributed by atoms with Crippen LogP contribution < -0.4 is 5.32 Å². The van der Waals surface area contributed by atoms with Gasteiger partial charge >= 0.3 is 0 Å². The van der Waals surface area contributed by atoms with Gasteiger partial charge in [-0.05, 0) is 48.9 Å². The van der Waals surface area contributed by atoms with E-state index in [1.807, 2.05) is 6.07 Å². The maximum absolute atomic E-state index is 13.2. The predicted octanol–water partition coefficient (Wildman–Crippen LogP) is 3.72. The first-order chi connectivity index (χ1) is 12.6. The Kier molecular flexibility index (Phi) is 4.53. The summed E-state index contributed by atoms with van der Waals surface area (Å²) in [5, 5.41) is 3.22. The molecule has 0 atom stereocenters. The third-order valence-electron chi connectivity index (χ3n) is 6.00. The number of benzene rings is 2. The van der Waals surface area contributed by atoms with Crippen molar-refractivity contribution < 1.29 is 13.9 Å². The maximum Gasteiger partial charge on any atom is 0.230 e.